The number of rotatable bonds is 6. The molecule has 0 radical (unpaired) electrons. The van der Waals surface area contributed by atoms with Gasteiger partial charge >= 0.3 is 0 Å². The third-order valence-electron chi connectivity index (χ3n) is 4.08. The Morgan fingerprint density at radius 3 is 2.63 bits per heavy atom. The summed E-state index contributed by atoms with van der Waals surface area (Å²) in [5, 5.41) is 2.60. The molecule has 0 atom stereocenters. The Morgan fingerprint density at radius 1 is 1.19 bits per heavy atom. The molecule has 7 heteroatoms. The van der Waals surface area contributed by atoms with Crippen molar-refractivity contribution < 1.29 is 9.18 Å². The second-order valence-corrected chi connectivity index (χ2v) is 6.42. The minimum absolute atomic E-state index is 0.0491. The number of amides is 1. The normalized spacial score (nSPS) is 10.5. The molecule has 138 valence electrons. The molecule has 2 aromatic heterocycles. The first-order valence-corrected chi connectivity index (χ1v) is 8.73. The summed E-state index contributed by atoms with van der Waals surface area (Å²) < 4.78 is 13.2. The summed E-state index contributed by atoms with van der Waals surface area (Å²) in [6.45, 7) is 0.811. The Hall–Kier alpha value is -2.99. The van der Waals surface area contributed by atoms with Gasteiger partial charge in [0.15, 0.2) is 0 Å². The predicted molar refractivity (Wildman–Crippen MR) is 105 cm³/mol. The molecule has 0 aliphatic heterocycles. The van der Waals surface area contributed by atoms with Gasteiger partial charge in [0, 0.05) is 31.7 Å². The first kappa shape index (κ1) is 18.8. The van der Waals surface area contributed by atoms with E-state index in [1.54, 1.807) is 24.7 Å². The van der Waals surface area contributed by atoms with E-state index in [1.165, 1.54) is 23.8 Å². The van der Waals surface area contributed by atoms with Crippen molar-refractivity contribution in [1.82, 2.24) is 9.97 Å². The monoisotopic (exact) mass is 384 g/mol. The number of hydrogen-bond acceptors (Lipinski definition) is 4. The lowest BCUT2D eigenvalue weighted by Crippen LogP contribution is -2.21. The number of anilines is 2. The number of carbonyl (C=O) groups is 1. The van der Waals surface area contributed by atoms with Crippen LogP contribution in [0.1, 0.15) is 16.1 Å². The van der Waals surface area contributed by atoms with E-state index in [0.29, 0.717) is 5.69 Å². The molecule has 3 aromatic rings. The number of aromatic nitrogens is 2. The quantitative estimate of drug-likeness (QED) is 0.692. The summed E-state index contributed by atoms with van der Waals surface area (Å²) >= 11 is 5.72. The van der Waals surface area contributed by atoms with Crippen LogP contribution in [0.5, 0.6) is 0 Å². The minimum atomic E-state index is -0.535. The summed E-state index contributed by atoms with van der Waals surface area (Å²) in [5.41, 5.74) is 2.79. The van der Waals surface area contributed by atoms with E-state index in [1.807, 2.05) is 25.2 Å². The van der Waals surface area contributed by atoms with E-state index in [9.17, 15) is 9.18 Å². The zero-order chi connectivity index (χ0) is 19.2. The van der Waals surface area contributed by atoms with E-state index < -0.39 is 5.82 Å². The maximum atomic E-state index is 13.2. The molecule has 2 heterocycles. The van der Waals surface area contributed by atoms with Gasteiger partial charge in [0.25, 0.3) is 5.91 Å². The van der Waals surface area contributed by atoms with Crippen LogP contribution in [0.2, 0.25) is 5.02 Å². The van der Waals surface area contributed by atoms with Gasteiger partial charge < -0.3 is 10.2 Å². The molecule has 1 amide bonds. The summed E-state index contributed by atoms with van der Waals surface area (Å²) in [7, 11) is 1.97. The van der Waals surface area contributed by atoms with Crippen molar-refractivity contribution in [2.24, 2.45) is 0 Å². The Balaban J connectivity index is 1.60. The van der Waals surface area contributed by atoms with Crippen molar-refractivity contribution in [2.75, 3.05) is 23.8 Å². The summed E-state index contributed by atoms with van der Waals surface area (Å²) in [6.07, 6.45) is 6.09. The number of nitrogens with zero attached hydrogens (tertiary/aromatic N) is 3. The van der Waals surface area contributed by atoms with Crippen LogP contribution >= 0.6 is 11.6 Å². The van der Waals surface area contributed by atoms with Gasteiger partial charge in [0.2, 0.25) is 0 Å². The fourth-order valence-electron chi connectivity index (χ4n) is 2.49. The van der Waals surface area contributed by atoms with Gasteiger partial charge in [-0.2, -0.15) is 0 Å². The number of pyridine rings is 2. The lowest BCUT2D eigenvalue weighted by Gasteiger charge is -2.19. The van der Waals surface area contributed by atoms with Crippen molar-refractivity contribution >= 4 is 28.9 Å². The maximum Gasteiger partial charge on any atom is 0.274 e. The first-order chi connectivity index (χ1) is 13.0. The molecule has 0 fully saturated rings. The van der Waals surface area contributed by atoms with Crippen LogP contribution in [0.3, 0.4) is 0 Å². The molecular weight excluding hydrogens is 367 g/mol. The molecule has 1 N–H and O–H groups in total. The van der Waals surface area contributed by atoms with Gasteiger partial charge in [-0.3, -0.25) is 9.78 Å². The van der Waals surface area contributed by atoms with Gasteiger partial charge in [0.1, 0.15) is 11.5 Å². The summed E-state index contributed by atoms with van der Waals surface area (Å²) in [5.74, 6) is -0.921. The highest BCUT2D eigenvalue weighted by Gasteiger charge is 2.10. The third-order valence-corrected chi connectivity index (χ3v) is 4.37. The fourth-order valence-corrected chi connectivity index (χ4v) is 2.67. The van der Waals surface area contributed by atoms with Crippen LogP contribution in [0.25, 0.3) is 0 Å². The Labute approximate surface area is 161 Å². The predicted octanol–water partition coefficient (Wildman–Crippen LogP) is 4.20. The molecular formula is C20H18ClFN4O. The second kappa shape index (κ2) is 8.60. The van der Waals surface area contributed by atoms with Gasteiger partial charge in [0.05, 0.1) is 16.9 Å². The van der Waals surface area contributed by atoms with Crippen molar-refractivity contribution in [3.63, 3.8) is 0 Å². The fraction of sp³-hybridized carbons (Fsp3) is 0.150. The van der Waals surface area contributed by atoms with Crippen LogP contribution in [-0.4, -0.2) is 29.5 Å². The molecule has 27 heavy (non-hydrogen) atoms. The van der Waals surface area contributed by atoms with E-state index in [4.69, 9.17) is 11.6 Å². The summed E-state index contributed by atoms with van der Waals surface area (Å²) in [4.78, 5) is 22.6. The highest BCUT2D eigenvalue weighted by Crippen LogP contribution is 2.20. The van der Waals surface area contributed by atoms with Crippen LogP contribution in [-0.2, 0) is 6.42 Å². The van der Waals surface area contributed by atoms with Crippen LogP contribution in [0.4, 0.5) is 15.8 Å². The highest BCUT2D eigenvalue weighted by atomic mass is 35.5. The average Bonchev–Trinajstić information content (AvgIpc) is 2.70. The molecule has 3 rings (SSSR count). The highest BCUT2D eigenvalue weighted by molar-refractivity contribution is 6.31. The largest absolute Gasteiger partial charge is 0.373 e. The maximum absolute atomic E-state index is 13.2. The number of benzene rings is 1. The Kier molecular flexibility index (Phi) is 5.98. The van der Waals surface area contributed by atoms with Gasteiger partial charge in [-0.25, -0.2) is 9.37 Å². The molecule has 0 saturated carbocycles. The molecule has 1 aromatic carbocycles. The Bertz CT molecular complexity index is 919. The van der Waals surface area contributed by atoms with E-state index in [-0.39, 0.29) is 16.6 Å². The number of halogens is 2. The number of hydrogen-bond donors (Lipinski definition) is 1. The van der Waals surface area contributed by atoms with E-state index in [0.717, 1.165) is 18.7 Å². The number of nitrogens with one attached hydrogen (secondary N) is 1. The summed E-state index contributed by atoms with van der Waals surface area (Å²) in [6, 6.07) is 11.5. The van der Waals surface area contributed by atoms with E-state index in [2.05, 4.69) is 20.2 Å². The van der Waals surface area contributed by atoms with Crippen molar-refractivity contribution in [3.8, 4) is 0 Å². The lowest BCUT2D eigenvalue weighted by atomic mass is 10.2. The third kappa shape index (κ3) is 5.01. The topological polar surface area (TPSA) is 58.1 Å². The standard InChI is InChI=1S/C20H18ClFN4O/c1-26(11-8-14-6-9-23-10-7-14)16-3-5-19(24-13-16)20(27)25-15-2-4-18(22)17(21)12-15/h2-7,9-10,12-13H,8,11H2,1H3,(H,25,27). The van der Waals surface area contributed by atoms with Crippen molar-refractivity contribution in [1.29, 1.82) is 0 Å². The second-order valence-electron chi connectivity index (χ2n) is 6.01. The smallest absolute Gasteiger partial charge is 0.274 e. The minimum Gasteiger partial charge on any atom is -0.373 e. The molecule has 0 unspecified atom stereocenters. The average molecular weight is 385 g/mol. The molecule has 0 bridgehead atoms. The number of likely N-dealkylation sites (N-methyl/N-ethyl adjacent to an activating group) is 1. The van der Waals surface area contributed by atoms with E-state index >= 15 is 0 Å². The molecule has 0 aliphatic carbocycles. The first-order valence-electron chi connectivity index (χ1n) is 8.35. The van der Waals surface area contributed by atoms with Gasteiger partial charge in [-0.15, -0.1) is 0 Å². The van der Waals surface area contributed by atoms with Gasteiger partial charge in [-0.05, 0) is 54.4 Å². The zero-order valence-electron chi connectivity index (χ0n) is 14.7. The van der Waals surface area contributed by atoms with Crippen LogP contribution < -0.4 is 10.2 Å². The SMILES string of the molecule is CN(CCc1ccncc1)c1ccc(C(=O)Nc2ccc(F)c(Cl)c2)nc1. The van der Waals surface area contributed by atoms with Crippen LogP contribution in [0, 0.1) is 5.82 Å². The molecule has 0 spiro atoms. The van der Waals surface area contributed by atoms with Crippen molar-refractivity contribution in [3.05, 3.63) is 83.2 Å². The lowest BCUT2D eigenvalue weighted by molar-refractivity contribution is 0.102. The molecule has 5 nitrogen and oxygen atoms in total. The zero-order valence-corrected chi connectivity index (χ0v) is 15.4. The van der Waals surface area contributed by atoms with Crippen molar-refractivity contribution in [2.45, 2.75) is 6.42 Å². The molecule has 0 aliphatic rings. The number of carbonyl (C=O) groups excluding carboxylic acids is 1. The molecule has 0 saturated heterocycles. The van der Waals surface area contributed by atoms with Crippen LogP contribution in [0.15, 0.2) is 61.1 Å². The van der Waals surface area contributed by atoms with Gasteiger partial charge in [-0.1, -0.05) is 11.6 Å². The Morgan fingerprint density at radius 2 is 1.96 bits per heavy atom.